The van der Waals surface area contributed by atoms with E-state index in [9.17, 15) is 14.9 Å². The van der Waals surface area contributed by atoms with Gasteiger partial charge in [0.15, 0.2) is 6.29 Å². The molecule has 0 aliphatic rings. The van der Waals surface area contributed by atoms with E-state index < -0.39 is 4.92 Å². The van der Waals surface area contributed by atoms with Crippen molar-refractivity contribution in [2.24, 2.45) is 0 Å². The van der Waals surface area contributed by atoms with Crippen molar-refractivity contribution in [3.8, 4) is 5.75 Å². The van der Waals surface area contributed by atoms with Crippen molar-refractivity contribution in [3.63, 3.8) is 0 Å². The van der Waals surface area contributed by atoms with Gasteiger partial charge in [-0.2, -0.15) is 0 Å². The summed E-state index contributed by atoms with van der Waals surface area (Å²) in [5.41, 5.74) is 1.04. The Bertz CT molecular complexity index is 431. The number of aldehydes is 1. The number of hydrogen-bond donors (Lipinski definition) is 0. The predicted molar refractivity (Wildman–Crippen MR) is 59.0 cm³/mol. The van der Waals surface area contributed by atoms with Crippen LogP contribution in [-0.2, 0) is 0 Å². The summed E-state index contributed by atoms with van der Waals surface area (Å²) in [5.74, 6) is 0.377. The minimum Gasteiger partial charge on any atom is -0.489 e. The minimum atomic E-state index is -0.619. The zero-order valence-corrected chi connectivity index (χ0v) is 8.89. The lowest BCUT2D eigenvalue weighted by molar-refractivity contribution is -0.385. The van der Waals surface area contributed by atoms with Gasteiger partial charge in [0, 0.05) is 11.6 Å². The van der Waals surface area contributed by atoms with Crippen molar-refractivity contribution >= 4 is 23.6 Å². The minimum absolute atomic E-state index is 0.0163. The lowest BCUT2D eigenvalue weighted by Crippen LogP contribution is -1.97. The maximum Gasteiger partial charge on any atom is 0.280 e. The zero-order valence-electron chi connectivity index (χ0n) is 8.13. The Morgan fingerprint density at radius 2 is 2.25 bits per heavy atom. The molecule has 0 unspecified atom stereocenters. The number of nitrogens with zero attached hydrogens (tertiary/aromatic N) is 1. The number of hydrogen-bond acceptors (Lipinski definition) is 4. The Labute approximate surface area is 96.4 Å². The highest BCUT2D eigenvalue weighted by atomic mass is 35.5. The van der Waals surface area contributed by atoms with Crippen molar-refractivity contribution in [1.82, 2.24) is 0 Å². The molecule has 0 fully saturated rings. The molecule has 0 bridgehead atoms. The molecular weight excluding hydrogens is 234 g/mol. The van der Waals surface area contributed by atoms with E-state index in [1.807, 2.05) is 0 Å². The number of halogens is 1. The standard InChI is InChI=1S/C10H8ClNO4/c11-4-1-5-16-9-2-3-10(12(14)15)8(6-9)7-13/h1-4,6-7H,5H2. The fourth-order valence-electron chi connectivity index (χ4n) is 1.06. The molecule has 0 aliphatic heterocycles. The van der Waals surface area contributed by atoms with Gasteiger partial charge < -0.3 is 4.74 Å². The van der Waals surface area contributed by atoms with E-state index >= 15 is 0 Å². The van der Waals surface area contributed by atoms with Crippen LogP contribution < -0.4 is 4.74 Å². The van der Waals surface area contributed by atoms with Crippen LogP contribution in [-0.4, -0.2) is 17.8 Å². The third-order valence-electron chi connectivity index (χ3n) is 1.76. The summed E-state index contributed by atoms with van der Waals surface area (Å²) in [4.78, 5) is 20.5. The molecule has 16 heavy (non-hydrogen) atoms. The Hall–Kier alpha value is -1.88. The summed E-state index contributed by atoms with van der Waals surface area (Å²) >= 11 is 5.29. The Balaban J connectivity index is 2.90. The van der Waals surface area contributed by atoms with E-state index in [4.69, 9.17) is 16.3 Å². The van der Waals surface area contributed by atoms with E-state index in [0.29, 0.717) is 12.0 Å². The van der Waals surface area contributed by atoms with Crippen LogP contribution in [0, 0.1) is 10.1 Å². The van der Waals surface area contributed by atoms with Crippen LogP contribution in [0.5, 0.6) is 5.75 Å². The Kier molecular flexibility index (Phi) is 4.47. The molecule has 5 nitrogen and oxygen atoms in total. The summed E-state index contributed by atoms with van der Waals surface area (Å²) in [7, 11) is 0. The van der Waals surface area contributed by atoms with Gasteiger partial charge in [-0.05, 0) is 18.2 Å². The molecule has 6 heteroatoms. The van der Waals surface area contributed by atoms with E-state index in [1.54, 1.807) is 6.08 Å². The quantitative estimate of drug-likeness (QED) is 0.451. The van der Waals surface area contributed by atoms with E-state index in [-0.39, 0.29) is 17.9 Å². The highest BCUT2D eigenvalue weighted by Gasteiger charge is 2.13. The van der Waals surface area contributed by atoms with Gasteiger partial charge in [-0.25, -0.2) is 0 Å². The molecule has 0 aromatic heterocycles. The second-order valence-electron chi connectivity index (χ2n) is 2.77. The highest BCUT2D eigenvalue weighted by molar-refractivity contribution is 6.25. The first-order valence-corrected chi connectivity index (χ1v) is 4.74. The maximum absolute atomic E-state index is 10.6. The average molecular weight is 242 g/mol. The van der Waals surface area contributed by atoms with Gasteiger partial charge in [-0.3, -0.25) is 14.9 Å². The van der Waals surface area contributed by atoms with Crippen LogP contribution in [0.15, 0.2) is 29.8 Å². The summed E-state index contributed by atoms with van der Waals surface area (Å²) in [6.07, 6.45) is 1.98. The SMILES string of the molecule is O=Cc1cc(OCC=CCl)ccc1[N+](=O)[O-]. The molecule has 1 aromatic carbocycles. The molecule has 0 radical (unpaired) electrons. The van der Waals surface area contributed by atoms with E-state index in [0.717, 1.165) is 0 Å². The van der Waals surface area contributed by atoms with Crippen molar-refractivity contribution < 1.29 is 14.5 Å². The van der Waals surface area contributed by atoms with Gasteiger partial charge in [0.1, 0.15) is 12.4 Å². The number of nitro groups is 1. The third kappa shape index (κ3) is 3.06. The van der Waals surface area contributed by atoms with Crippen LogP contribution in [0.2, 0.25) is 0 Å². The molecule has 1 aromatic rings. The molecular formula is C10H8ClNO4. The lowest BCUT2D eigenvalue weighted by Gasteiger charge is -2.03. The van der Waals surface area contributed by atoms with Crippen LogP contribution >= 0.6 is 11.6 Å². The van der Waals surface area contributed by atoms with Crippen LogP contribution in [0.3, 0.4) is 0 Å². The van der Waals surface area contributed by atoms with Crippen molar-refractivity contribution in [2.45, 2.75) is 0 Å². The van der Waals surface area contributed by atoms with Gasteiger partial charge in [0.05, 0.1) is 10.5 Å². The first-order chi connectivity index (χ1) is 7.69. The molecule has 0 spiro atoms. The van der Waals surface area contributed by atoms with Gasteiger partial charge in [-0.15, -0.1) is 0 Å². The van der Waals surface area contributed by atoms with Gasteiger partial charge in [0.2, 0.25) is 0 Å². The lowest BCUT2D eigenvalue weighted by atomic mass is 10.2. The van der Waals surface area contributed by atoms with E-state index in [1.165, 1.54) is 23.7 Å². The van der Waals surface area contributed by atoms with Crippen LogP contribution in [0.25, 0.3) is 0 Å². The normalized spacial score (nSPS) is 10.3. The second-order valence-corrected chi connectivity index (χ2v) is 3.02. The smallest absolute Gasteiger partial charge is 0.280 e. The maximum atomic E-state index is 10.6. The molecule has 0 N–H and O–H groups in total. The summed E-state index contributed by atoms with van der Waals surface area (Å²) in [5, 5.41) is 10.5. The van der Waals surface area contributed by atoms with Crippen molar-refractivity contribution in [1.29, 1.82) is 0 Å². The molecule has 0 atom stereocenters. The largest absolute Gasteiger partial charge is 0.489 e. The van der Waals surface area contributed by atoms with Crippen LogP contribution in [0.1, 0.15) is 10.4 Å². The number of carbonyl (C=O) groups is 1. The third-order valence-corrected chi connectivity index (χ3v) is 1.94. The highest BCUT2D eigenvalue weighted by Crippen LogP contribution is 2.22. The first kappa shape index (κ1) is 12.2. The van der Waals surface area contributed by atoms with Crippen molar-refractivity contribution in [2.75, 3.05) is 6.61 Å². The van der Waals surface area contributed by atoms with Crippen molar-refractivity contribution in [3.05, 3.63) is 45.5 Å². The fourth-order valence-corrected chi connectivity index (χ4v) is 1.14. The molecule has 0 aliphatic carbocycles. The summed E-state index contributed by atoms with van der Waals surface area (Å²) < 4.78 is 5.17. The molecule has 0 heterocycles. The Morgan fingerprint density at radius 3 is 2.81 bits per heavy atom. The monoisotopic (exact) mass is 241 g/mol. The molecule has 84 valence electrons. The first-order valence-electron chi connectivity index (χ1n) is 4.30. The molecule has 0 saturated carbocycles. The van der Waals surface area contributed by atoms with Gasteiger partial charge >= 0.3 is 0 Å². The average Bonchev–Trinajstić information content (AvgIpc) is 2.29. The molecule has 0 saturated heterocycles. The fraction of sp³-hybridized carbons (Fsp3) is 0.100. The topological polar surface area (TPSA) is 69.4 Å². The summed E-state index contributed by atoms with van der Waals surface area (Å²) in [6, 6.07) is 3.96. The number of benzene rings is 1. The predicted octanol–water partition coefficient (Wildman–Crippen LogP) is 2.54. The second kappa shape index (κ2) is 5.87. The molecule has 1 rings (SSSR count). The van der Waals surface area contributed by atoms with Crippen LogP contribution in [0.4, 0.5) is 5.69 Å². The number of rotatable bonds is 5. The zero-order chi connectivity index (χ0) is 12.0. The van der Waals surface area contributed by atoms with Gasteiger partial charge in [0.25, 0.3) is 5.69 Å². The van der Waals surface area contributed by atoms with Gasteiger partial charge in [-0.1, -0.05) is 11.6 Å². The number of carbonyl (C=O) groups excluding carboxylic acids is 1. The number of nitro benzene ring substituents is 1. The summed E-state index contributed by atoms with van der Waals surface area (Å²) in [6.45, 7) is 0.236. The molecule has 0 amide bonds. The van der Waals surface area contributed by atoms with E-state index in [2.05, 4.69) is 0 Å². The number of ether oxygens (including phenoxy) is 1. The Morgan fingerprint density at radius 1 is 1.50 bits per heavy atom.